The largest absolute Gasteiger partial charge is 0.508 e. The van der Waals surface area contributed by atoms with Crippen LogP contribution in [0.5, 0.6) is 5.75 Å². The highest BCUT2D eigenvalue weighted by molar-refractivity contribution is 5.29. The first-order chi connectivity index (χ1) is 8.48. The molecule has 1 atom stereocenters. The molecule has 0 aliphatic carbocycles. The van der Waals surface area contributed by atoms with Gasteiger partial charge in [0.25, 0.3) is 0 Å². The molecule has 0 spiro atoms. The number of nitrogens with zero attached hydrogens (tertiary/aromatic N) is 1. The van der Waals surface area contributed by atoms with Crippen molar-refractivity contribution in [3.63, 3.8) is 0 Å². The van der Waals surface area contributed by atoms with Gasteiger partial charge >= 0.3 is 6.18 Å². The number of nitrogens with one attached hydrogen (secondary N) is 1. The maximum Gasteiger partial charge on any atom is 0.408 e. The first-order valence-electron chi connectivity index (χ1n) is 5.79. The van der Waals surface area contributed by atoms with Gasteiger partial charge in [0, 0.05) is 26.2 Å². The summed E-state index contributed by atoms with van der Waals surface area (Å²) in [7, 11) is 0. The highest BCUT2D eigenvalue weighted by Crippen LogP contribution is 2.38. The van der Waals surface area contributed by atoms with Gasteiger partial charge in [-0.1, -0.05) is 12.1 Å². The Kier molecular flexibility index (Phi) is 3.77. The van der Waals surface area contributed by atoms with E-state index in [4.69, 9.17) is 5.11 Å². The fraction of sp³-hybridized carbons (Fsp3) is 0.500. The average molecular weight is 260 g/mol. The van der Waals surface area contributed by atoms with Gasteiger partial charge in [0.05, 0.1) is 0 Å². The molecule has 0 unspecified atom stereocenters. The van der Waals surface area contributed by atoms with Gasteiger partial charge in [0.1, 0.15) is 11.8 Å². The van der Waals surface area contributed by atoms with E-state index in [9.17, 15) is 13.2 Å². The van der Waals surface area contributed by atoms with Crippen molar-refractivity contribution < 1.29 is 18.3 Å². The zero-order valence-electron chi connectivity index (χ0n) is 9.74. The van der Waals surface area contributed by atoms with Crippen LogP contribution in [0.4, 0.5) is 13.2 Å². The maximum atomic E-state index is 13.2. The standard InChI is InChI=1S/C12H15F3N2O/c13-12(14,15)11(17-7-5-16-6-8-17)9-1-3-10(18)4-2-9/h1-4,11,16,18H,5-8H2/t11-/m1/s1. The van der Waals surface area contributed by atoms with Crippen molar-refractivity contribution in [2.45, 2.75) is 12.2 Å². The lowest BCUT2D eigenvalue weighted by Gasteiger charge is -2.36. The minimum Gasteiger partial charge on any atom is -0.508 e. The van der Waals surface area contributed by atoms with Gasteiger partial charge in [-0.3, -0.25) is 4.90 Å². The van der Waals surface area contributed by atoms with Crippen LogP contribution in [-0.2, 0) is 0 Å². The number of benzene rings is 1. The first-order valence-corrected chi connectivity index (χ1v) is 5.79. The number of piperazine rings is 1. The van der Waals surface area contributed by atoms with Crippen molar-refractivity contribution in [3.8, 4) is 5.75 Å². The summed E-state index contributed by atoms with van der Waals surface area (Å²) in [5.74, 6) is -0.0278. The lowest BCUT2D eigenvalue weighted by Crippen LogP contribution is -2.49. The van der Waals surface area contributed by atoms with Gasteiger partial charge in [-0.05, 0) is 17.7 Å². The predicted molar refractivity (Wildman–Crippen MR) is 61.3 cm³/mol. The van der Waals surface area contributed by atoms with Crippen LogP contribution in [0.25, 0.3) is 0 Å². The fourth-order valence-electron chi connectivity index (χ4n) is 2.20. The van der Waals surface area contributed by atoms with Crippen molar-refractivity contribution in [2.75, 3.05) is 26.2 Å². The summed E-state index contributed by atoms with van der Waals surface area (Å²) in [5.41, 5.74) is 0.169. The molecule has 0 radical (unpaired) electrons. The molecule has 1 aliphatic rings. The molecule has 3 nitrogen and oxygen atoms in total. The third-order valence-corrected chi connectivity index (χ3v) is 3.04. The quantitative estimate of drug-likeness (QED) is 0.852. The number of aromatic hydroxyl groups is 1. The summed E-state index contributed by atoms with van der Waals surface area (Å²) in [6.45, 7) is 1.85. The Hall–Kier alpha value is -1.27. The Bertz CT molecular complexity index is 385. The zero-order valence-corrected chi connectivity index (χ0v) is 9.74. The highest BCUT2D eigenvalue weighted by Gasteiger charge is 2.44. The Labute approximate surface area is 103 Å². The first kappa shape index (κ1) is 13.2. The summed E-state index contributed by atoms with van der Waals surface area (Å²) in [5, 5.41) is 12.2. The number of hydrogen-bond donors (Lipinski definition) is 2. The lowest BCUT2D eigenvalue weighted by molar-refractivity contribution is -0.187. The van der Waals surface area contributed by atoms with E-state index in [0.29, 0.717) is 26.2 Å². The van der Waals surface area contributed by atoms with E-state index in [0.717, 1.165) is 0 Å². The van der Waals surface area contributed by atoms with Crippen molar-refractivity contribution >= 4 is 0 Å². The molecule has 1 saturated heterocycles. The molecule has 1 aromatic carbocycles. The number of phenols is 1. The molecule has 2 rings (SSSR count). The molecule has 1 aliphatic heterocycles. The third-order valence-electron chi connectivity index (χ3n) is 3.04. The Morgan fingerprint density at radius 2 is 1.67 bits per heavy atom. The molecule has 1 aromatic rings. The second-order valence-electron chi connectivity index (χ2n) is 4.32. The van der Waals surface area contributed by atoms with E-state index in [1.165, 1.54) is 29.2 Å². The highest BCUT2D eigenvalue weighted by atomic mass is 19.4. The Balaban J connectivity index is 2.27. The van der Waals surface area contributed by atoms with Gasteiger partial charge in [0.15, 0.2) is 0 Å². The van der Waals surface area contributed by atoms with E-state index in [-0.39, 0.29) is 11.3 Å². The summed E-state index contributed by atoms with van der Waals surface area (Å²) in [4.78, 5) is 1.42. The predicted octanol–water partition coefficient (Wildman–Crippen LogP) is 1.90. The molecule has 2 N–H and O–H groups in total. The van der Waals surface area contributed by atoms with Crippen molar-refractivity contribution in [1.29, 1.82) is 0 Å². The van der Waals surface area contributed by atoms with Crippen LogP contribution in [0.2, 0.25) is 0 Å². The molecule has 1 heterocycles. The van der Waals surface area contributed by atoms with Crippen molar-refractivity contribution in [2.24, 2.45) is 0 Å². The SMILES string of the molecule is Oc1ccc([C@@H](N2CCNCC2)C(F)(F)F)cc1. The minimum absolute atomic E-state index is 0.0278. The minimum atomic E-state index is -4.31. The molecule has 18 heavy (non-hydrogen) atoms. The van der Waals surface area contributed by atoms with Crippen LogP contribution < -0.4 is 5.32 Å². The van der Waals surface area contributed by atoms with Crippen LogP contribution >= 0.6 is 0 Å². The molecular weight excluding hydrogens is 245 g/mol. The van der Waals surface area contributed by atoms with E-state index in [1.807, 2.05) is 0 Å². The molecule has 100 valence electrons. The second kappa shape index (κ2) is 5.16. The third kappa shape index (κ3) is 2.94. The van der Waals surface area contributed by atoms with E-state index in [1.54, 1.807) is 0 Å². The molecule has 6 heteroatoms. The zero-order chi connectivity index (χ0) is 13.2. The van der Waals surface area contributed by atoms with Gasteiger partial charge in [0.2, 0.25) is 0 Å². The van der Waals surface area contributed by atoms with Gasteiger partial charge in [-0.15, -0.1) is 0 Å². The topological polar surface area (TPSA) is 35.5 Å². The summed E-state index contributed by atoms with van der Waals surface area (Å²) >= 11 is 0. The molecule has 1 fully saturated rings. The molecule has 0 aromatic heterocycles. The van der Waals surface area contributed by atoms with Crippen molar-refractivity contribution in [1.82, 2.24) is 10.2 Å². The van der Waals surface area contributed by atoms with Gasteiger partial charge in [-0.2, -0.15) is 13.2 Å². The Morgan fingerprint density at radius 3 is 2.17 bits per heavy atom. The second-order valence-corrected chi connectivity index (χ2v) is 4.32. The van der Waals surface area contributed by atoms with Crippen LogP contribution in [0.1, 0.15) is 11.6 Å². The molecule has 0 amide bonds. The maximum absolute atomic E-state index is 13.2. The number of rotatable bonds is 2. The smallest absolute Gasteiger partial charge is 0.408 e. The van der Waals surface area contributed by atoms with Crippen LogP contribution in [-0.4, -0.2) is 42.4 Å². The number of phenolic OH excluding ortho intramolecular Hbond substituents is 1. The van der Waals surface area contributed by atoms with E-state index in [2.05, 4.69) is 5.32 Å². The van der Waals surface area contributed by atoms with Gasteiger partial charge in [-0.25, -0.2) is 0 Å². The summed E-state index contributed by atoms with van der Waals surface area (Å²) in [6, 6.07) is 3.64. The van der Waals surface area contributed by atoms with E-state index < -0.39 is 12.2 Å². The molecular formula is C12H15F3N2O. The van der Waals surface area contributed by atoms with Crippen LogP contribution in [0.3, 0.4) is 0 Å². The van der Waals surface area contributed by atoms with Crippen LogP contribution in [0, 0.1) is 0 Å². The van der Waals surface area contributed by atoms with E-state index >= 15 is 0 Å². The normalized spacial score (nSPS) is 19.7. The number of hydrogen-bond acceptors (Lipinski definition) is 3. The molecule has 0 bridgehead atoms. The number of halogens is 3. The Morgan fingerprint density at radius 1 is 1.11 bits per heavy atom. The van der Waals surface area contributed by atoms with Gasteiger partial charge < -0.3 is 10.4 Å². The van der Waals surface area contributed by atoms with Crippen molar-refractivity contribution in [3.05, 3.63) is 29.8 Å². The monoisotopic (exact) mass is 260 g/mol. The lowest BCUT2D eigenvalue weighted by atomic mass is 10.0. The molecule has 0 saturated carbocycles. The fourth-order valence-corrected chi connectivity index (χ4v) is 2.20. The average Bonchev–Trinajstić information content (AvgIpc) is 2.32. The number of alkyl halides is 3. The van der Waals surface area contributed by atoms with Crippen LogP contribution in [0.15, 0.2) is 24.3 Å². The summed E-state index contributed by atoms with van der Waals surface area (Å²) in [6.07, 6.45) is -4.31. The summed E-state index contributed by atoms with van der Waals surface area (Å²) < 4.78 is 39.5.